The second kappa shape index (κ2) is 11.3. The molecule has 2 amide bonds. The van der Waals surface area contributed by atoms with E-state index in [2.05, 4.69) is 25.7 Å². The Hall–Kier alpha value is -5.13. The van der Waals surface area contributed by atoms with Crippen molar-refractivity contribution >= 4 is 28.4 Å². The highest BCUT2D eigenvalue weighted by Crippen LogP contribution is 2.30. The SMILES string of the molecule is O=C(CN(C(=O)Cn1nnc(-c2ccc(C(F)(F)F)cc2)n1)c1cnc2ccccc2c1)NCc1ccccc1. The number of benzene rings is 3. The van der Waals surface area contributed by atoms with Crippen LogP contribution in [0.2, 0.25) is 0 Å². The third-order valence-corrected chi connectivity index (χ3v) is 6.02. The van der Waals surface area contributed by atoms with E-state index in [-0.39, 0.29) is 24.8 Å². The number of halogens is 3. The number of nitrogens with zero attached hydrogens (tertiary/aromatic N) is 6. The van der Waals surface area contributed by atoms with Crippen LogP contribution in [0.1, 0.15) is 11.1 Å². The van der Waals surface area contributed by atoms with E-state index in [9.17, 15) is 22.8 Å². The summed E-state index contributed by atoms with van der Waals surface area (Å²) in [5.74, 6) is -0.841. The molecule has 0 radical (unpaired) electrons. The maximum absolute atomic E-state index is 13.4. The van der Waals surface area contributed by atoms with Gasteiger partial charge in [-0.05, 0) is 35.0 Å². The second-order valence-corrected chi connectivity index (χ2v) is 8.85. The van der Waals surface area contributed by atoms with Gasteiger partial charge in [0.25, 0.3) is 5.91 Å². The average Bonchev–Trinajstić information content (AvgIpc) is 3.43. The average molecular weight is 546 g/mol. The van der Waals surface area contributed by atoms with Gasteiger partial charge in [0.15, 0.2) is 0 Å². The lowest BCUT2D eigenvalue weighted by molar-refractivity contribution is -0.137. The van der Waals surface area contributed by atoms with Crippen LogP contribution in [-0.2, 0) is 28.9 Å². The number of amides is 2. The summed E-state index contributed by atoms with van der Waals surface area (Å²) >= 11 is 0. The van der Waals surface area contributed by atoms with Crippen molar-refractivity contribution in [2.24, 2.45) is 0 Å². The molecule has 0 fully saturated rings. The number of tetrazole rings is 1. The molecular formula is C28H22F3N7O2. The Morgan fingerprint density at radius 2 is 1.65 bits per heavy atom. The van der Waals surface area contributed by atoms with Crippen molar-refractivity contribution in [1.29, 1.82) is 0 Å². The molecule has 0 aliphatic heterocycles. The summed E-state index contributed by atoms with van der Waals surface area (Å²) in [6, 6.07) is 22.8. The van der Waals surface area contributed by atoms with Gasteiger partial charge in [-0.25, -0.2) is 0 Å². The first-order chi connectivity index (χ1) is 19.3. The third kappa shape index (κ3) is 6.29. The number of fused-ring (bicyclic) bond motifs is 1. The first-order valence-corrected chi connectivity index (χ1v) is 12.2. The largest absolute Gasteiger partial charge is 0.416 e. The number of hydrogen-bond acceptors (Lipinski definition) is 6. The number of anilines is 1. The van der Waals surface area contributed by atoms with Gasteiger partial charge in [0.05, 0.1) is 23.0 Å². The highest BCUT2D eigenvalue weighted by Gasteiger charge is 2.30. The second-order valence-electron chi connectivity index (χ2n) is 8.85. The third-order valence-electron chi connectivity index (χ3n) is 6.02. The van der Waals surface area contributed by atoms with Crippen LogP contribution >= 0.6 is 0 Å². The predicted molar refractivity (Wildman–Crippen MR) is 141 cm³/mol. The van der Waals surface area contributed by atoms with Crippen LogP contribution in [0.25, 0.3) is 22.3 Å². The zero-order valence-electron chi connectivity index (χ0n) is 20.9. The maximum Gasteiger partial charge on any atom is 0.416 e. The minimum absolute atomic E-state index is 0.0565. The molecule has 0 atom stereocenters. The number of para-hydroxylation sites is 1. The molecule has 5 rings (SSSR count). The Balaban J connectivity index is 1.34. The number of hydrogen-bond donors (Lipinski definition) is 1. The Labute approximate surface area is 226 Å². The van der Waals surface area contributed by atoms with Crippen LogP contribution in [-0.4, -0.2) is 43.6 Å². The minimum Gasteiger partial charge on any atom is -0.350 e. The summed E-state index contributed by atoms with van der Waals surface area (Å²) in [6.45, 7) is -0.364. The lowest BCUT2D eigenvalue weighted by Gasteiger charge is -2.22. The van der Waals surface area contributed by atoms with Gasteiger partial charge < -0.3 is 5.32 Å². The summed E-state index contributed by atoms with van der Waals surface area (Å²) in [5, 5.41) is 15.5. The smallest absolute Gasteiger partial charge is 0.350 e. The van der Waals surface area contributed by atoms with Crippen LogP contribution in [0.15, 0.2) is 91.1 Å². The summed E-state index contributed by atoms with van der Waals surface area (Å²) in [7, 11) is 0. The molecule has 0 unspecified atom stereocenters. The molecule has 0 aliphatic carbocycles. The van der Waals surface area contributed by atoms with Crippen LogP contribution in [0, 0.1) is 0 Å². The molecule has 2 heterocycles. The summed E-state index contributed by atoms with van der Waals surface area (Å²) in [5.41, 5.74) is 1.54. The maximum atomic E-state index is 13.4. The van der Waals surface area contributed by atoms with Crippen molar-refractivity contribution in [3.05, 3.63) is 102 Å². The number of carbonyl (C=O) groups is 2. The van der Waals surface area contributed by atoms with Gasteiger partial charge in [0.2, 0.25) is 11.7 Å². The van der Waals surface area contributed by atoms with E-state index in [1.807, 2.05) is 54.6 Å². The zero-order chi connectivity index (χ0) is 28.1. The fourth-order valence-corrected chi connectivity index (χ4v) is 3.97. The Kier molecular flexibility index (Phi) is 7.49. The number of rotatable bonds is 8. The standard InChI is InChI=1S/C28H22F3N7O2/c29-28(30,31)22-12-10-20(11-13-22)27-34-36-38(35-27)18-26(40)37(17-25(39)33-15-19-6-2-1-3-7-19)23-14-21-8-4-5-9-24(21)32-16-23/h1-14,16H,15,17-18H2,(H,33,39). The summed E-state index contributed by atoms with van der Waals surface area (Å²) in [4.78, 5) is 33.0. The van der Waals surface area contributed by atoms with Gasteiger partial charge >= 0.3 is 6.18 Å². The molecule has 0 bridgehead atoms. The van der Waals surface area contributed by atoms with E-state index in [0.29, 0.717) is 17.8 Å². The molecule has 202 valence electrons. The molecule has 0 saturated carbocycles. The van der Waals surface area contributed by atoms with E-state index in [1.165, 1.54) is 23.2 Å². The fourth-order valence-electron chi connectivity index (χ4n) is 3.97. The van der Waals surface area contributed by atoms with Gasteiger partial charge in [0.1, 0.15) is 13.1 Å². The summed E-state index contributed by atoms with van der Waals surface area (Å²) in [6.07, 6.45) is -2.96. The van der Waals surface area contributed by atoms with Gasteiger partial charge in [-0.3, -0.25) is 19.5 Å². The molecular weight excluding hydrogens is 523 g/mol. The monoisotopic (exact) mass is 545 g/mol. The van der Waals surface area contributed by atoms with Crippen LogP contribution in [0.4, 0.5) is 18.9 Å². The Morgan fingerprint density at radius 1 is 0.925 bits per heavy atom. The van der Waals surface area contributed by atoms with Crippen molar-refractivity contribution in [3.8, 4) is 11.4 Å². The highest BCUT2D eigenvalue weighted by atomic mass is 19.4. The first-order valence-electron chi connectivity index (χ1n) is 12.2. The fraction of sp³-hybridized carbons (Fsp3) is 0.143. The number of carbonyl (C=O) groups excluding carboxylic acids is 2. The molecule has 0 aliphatic rings. The lowest BCUT2D eigenvalue weighted by Crippen LogP contribution is -2.42. The molecule has 0 saturated heterocycles. The summed E-state index contributed by atoms with van der Waals surface area (Å²) < 4.78 is 38.6. The van der Waals surface area contributed by atoms with E-state index in [4.69, 9.17) is 0 Å². The normalized spacial score (nSPS) is 11.4. The molecule has 9 nitrogen and oxygen atoms in total. The predicted octanol–water partition coefficient (Wildman–Crippen LogP) is 4.26. The topological polar surface area (TPSA) is 106 Å². The molecule has 1 N–H and O–H groups in total. The highest BCUT2D eigenvalue weighted by molar-refractivity contribution is 5.99. The molecule has 3 aromatic carbocycles. The molecule has 12 heteroatoms. The molecule has 2 aromatic heterocycles. The minimum atomic E-state index is -4.47. The van der Waals surface area contributed by atoms with E-state index in [1.54, 1.807) is 6.07 Å². The molecule has 40 heavy (non-hydrogen) atoms. The van der Waals surface area contributed by atoms with E-state index < -0.39 is 17.6 Å². The quantitative estimate of drug-likeness (QED) is 0.313. The number of pyridine rings is 1. The van der Waals surface area contributed by atoms with Gasteiger partial charge in [-0.15, -0.1) is 10.2 Å². The molecule has 5 aromatic rings. The van der Waals surface area contributed by atoms with Crippen molar-refractivity contribution in [3.63, 3.8) is 0 Å². The van der Waals surface area contributed by atoms with Crippen molar-refractivity contribution in [1.82, 2.24) is 30.5 Å². The van der Waals surface area contributed by atoms with E-state index >= 15 is 0 Å². The Bertz CT molecular complexity index is 1640. The first kappa shape index (κ1) is 26.5. The van der Waals surface area contributed by atoms with Crippen LogP contribution < -0.4 is 10.2 Å². The number of nitrogens with one attached hydrogen (secondary N) is 1. The van der Waals surface area contributed by atoms with Crippen molar-refractivity contribution < 1.29 is 22.8 Å². The van der Waals surface area contributed by atoms with Gasteiger partial charge in [-0.1, -0.05) is 60.7 Å². The van der Waals surface area contributed by atoms with Crippen molar-refractivity contribution in [2.75, 3.05) is 11.4 Å². The van der Waals surface area contributed by atoms with Crippen molar-refractivity contribution in [2.45, 2.75) is 19.3 Å². The number of alkyl halides is 3. The zero-order valence-corrected chi connectivity index (χ0v) is 20.9. The lowest BCUT2D eigenvalue weighted by atomic mass is 10.1. The van der Waals surface area contributed by atoms with Gasteiger partial charge in [0, 0.05) is 17.5 Å². The van der Waals surface area contributed by atoms with Crippen LogP contribution in [0.3, 0.4) is 0 Å². The Morgan fingerprint density at radius 3 is 2.40 bits per heavy atom. The number of aromatic nitrogens is 5. The van der Waals surface area contributed by atoms with Crippen LogP contribution in [0.5, 0.6) is 0 Å². The van der Waals surface area contributed by atoms with Gasteiger partial charge in [-0.2, -0.15) is 18.0 Å². The van der Waals surface area contributed by atoms with E-state index in [0.717, 1.165) is 33.4 Å². The molecule has 0 spiro atoms.